The molecule has 0 saturated carbocycles. The molecular formula is C23H23N3O4. The van der Waals surface area contributed by atoms with Crippen molar-refractivity contribution >= 4 is 17.5 Å². The van der Waals surface area contributed by atoms with Crippen LogP contribution in [0.4, 0.5) is 11.5 Å². The molecule has 154 valence electrons. The number of benzene rings is 2. The summed E-state index contributed by atoms with van der Waals surface area (Å²) >= 11 is 0. The summed E-state index contributed by atoms with van der Waals surface area (Å²) in [7, 11) is 0. The van der Waals surface area contributed by atoms with Crippen LogP contribution in [0, 0.1) is 0 Å². The Morgan fingerprint density at radius 2 is 2.00 bits per heavy atom. The van der Waals surface area contributed by atoms with E-state index < -0.39 is 5.97 Å². The quantitative estimate of drug-likeness (QED) is 0.545. The van der Waals surface area contributed by atoms with E-state index in [4.69, 9.17) is 9.47 Å². The van der Waals surface area contributed by atoms with Crippen molar-refractivity contribution in [2.24, 2.45) is 0 Å². The fourth-order valence-electron chi connectivity index (χ4n) is 3.31. The summed E-state index contributed by atoms with van der Waals surface area (Å²) in [6.45, 7) is 1.67. The molecule has 7 nitrogen and oxygen atoms in total. The van der Waals surface area contributed by atoms with Gasteiger partial charge in [0.05, 0.1) is 12.3 Å². The standard InChI is InChI=1S/C23H23N3O4/c27-23(28)16-26-15-17-9-10-18(14-21(17)30-20-7-2-1-6-19(20)26)29-13-5-12-25-22-8-3-4-11-24-22/h1-4,6-11,14H,5,12-13,15-16H2,(H,24,25)(H,27,28). The van der Waals surface area contributed by atoms with Crippen LogP contribution in [-0.2, 0) is 11.3 Å². The second kappa shape index (κ2) is 9.17. The predicted octanol–water partition coefficient (Wildman–Crippen LogP) is 4.16. The van der Waals surface area contributed by atoms with Gasteiger partial charge in [-0.25, -0.2) is 4.98 Å². The number of carboxylic acids is 1. The highest BCUT2D eigenvalue weighted by atomic mass is 16.5. The number of carbonyl (C=O) groups is 1. The maximum Gasteiger partial charge on any atom is 0.323 e. The van der Waals surface area contributed by atoms with Crippen LogP contribution in [0.15, 0.2) is 66.9 Å². The van der Waals surface area contributed by atoms with Gasteiger partial charge in [0.2, 0.25) is 0 Å². The highest BCUT2D eigenvalue weighted by molar-refractivity contribution is 5.76. The third kappa shape index (κ3) is 4.81. The summed E-state index contributed by atoms with van der Waals surface area (Å²) in [6, 6.07) is 18.9. The Balaban J connectivity index is 1.40. The molecule has 0 atom stereocenters. The van der Waals surface area contributed by atoms with E-state index in [1.54, 1.807) is 11.1 Å². The minimum atomic E-state index is -0.882. The Morgan fingerprint density at radius 1 is 1.13 bits per heavy atom. The normalized spacial score (nSPS) is 12.2. The number of para-hydroxylation sites is 2. The first-order valence-electron chi connectivity index (χ1n) is 9.83. The second-order valence-corrected chi connectivity index (χ2v) is 6.93. The highest BCUT2D eigenvalue weighted by Gasteiger charge is 2.22. The third-order valence-electron chi connectivity index (χ3n) is 4.71. The van der Waals surface area contributed by atoms with Gasteiger partial charge in [0.25, 0.3) is 0 Å². The van der Waals surface area contributed by atoms with Gasteiger partial charge >= 0.3 is 5.97 Å². The Labute approximate surface area is 174 Å². The first-order chi connectivity index (χ1) is 14.7. The van der Waals surface area contributed by atoms with Gasteiger partial charge in [-0.2, -0.15) is 0 Å². The van der Waals surface area contributed by atoms with Gasteiger partial charge in [0, 0.05) is 30.9 Å². The van der Waals surface area contributed by atoms with Gasteiger partial charge in [-0.15, -0.1) is 0 Å². The fraction of sp³-hybridized carbons (Fsp3) is 0.217. The molecule has 2 N–H and O–H groups in total. The van der Waals surface area contributed by atoms with E-state index in [1.165, 1.54) is 0 Å². The Kier molecular flexibility index (Phi) is 5.98. The highest BCUT2D eigenvalue weighted by Crippen LogP contribution is 2.40. The number of fused-ring (bicyclic) bond motifs is 2. The van der Waals surface area contributed by atoms with Crippen molar-refractivity contribution in [1.29, 1.82) is 0 Å². The maximum atomic E-state index is 11.3. The van der Waals surface area contributed by atoms with Crippen LogP contribution in [0.5, 0.6) is 17.2 Å². The van der Waals surface area contributed by atoms with Crippen LogP contribution in [0.3, 0.4) is 0 Å². The van der Waals surface area contributed by atoms with Gasteiger partial charge < -0.3 is 24.8 Å². The van der Waals surface area contributed by atoms with Crippen LogP contribution in [-0.4, -0.2) is 35.8 Å². The SMILES string of the molecule is O=C(O)CN1Cc2ccc(OCCCNc3ccccn3)cc2Oc2ccccc21. The maximum absolute atomic E-state index is 11.3. The lowest BCUT2D eigenvalue weighted by molar-refractivity contribution is -0.135. The lowest BCUT2D eigenvalue weighted by Crippen LogP contribution is -2.28. The van der Waals surface area contributed by atoms with Crippen molar-refractivity contribution in [1.82, 2.24) is 4.98 Å². The molecule has 0 saturated heterocycles. The second-order valence-electron chi connectivity index (χ2n) is 6.93. The molecule has 0 unspecified atom stereocenters. The number of rotatable bonds is 8. The third-order valence-corrected chi connectivity index (χ3v) is 4.71. The lowest BCUT2D eigenvalue weighted by atomic mass is 10.1. The Hall–Kier alpha value is -3.74. The summed E-state index contributed by atoms with van der Waals surface area (Å²) in [5.41, 5.74) is 1.68. The molecule has 0 aliphatic carbocycles. The zero-order chi connectivity index (χ0) is 20.8. The summed E-state index contributed by atoms with van der Waals surface area (Å²) in [6.07, 6.45) is 2.58. The van der Waals surface area contributed by atoms with Crippen molar-refractivity contribution in [3.63, 3.8) is 0 Å². The Morgan fingerprint density at radius 3 is 2.83 bits per heavy atom. The van der Waals surface area contributed by atoms with Gasteiger partial charge in [0.1, 0.15) is 23.9 Å². The number of nitrogens with zero attached hydrogens (tertiary/aromatic N) is 2. The minimum Gasteiger partial charge on any atom is -0.493 e. The molecule has 0 bridgehead atoms. The number of aromatic nitrogens is 1. The van der Waals surface area contributed by atoms with Gasteiger partial charge in [-0.05, 0) is 42.8 Å². The number of aliphatic carboxylic acids is 1. The van der Waals surface area contributed by atoms with Crippen LogP contribution >= 0.6 is 0 Å². The van der Waals surface area contributed by atoms with Crippen molar-refractivity contribution in [3.8, 4) is 17.2 Å². The van der Waals surface area contributed by atoms with E-state index in [2.05, 4.69) is 10.3 Å². The summed E-state index contributed by atoms with van der Waals surface area (Å²) in [5.74, 6) is 2.00. The monoisotopic (exact) mass is 405 g/mol. The summed E-state index contributed by atoms with van der Waals surface area (Å²) in [4.78, 5) is 17.3. The molecule has 1 aromatic heterocycles. The molecule has 7 heteroatoms. The number of pyridine rings is 1. The number of carboxylic acid groups (broad SMARTS) is 1. The zero-order valence-electron chi connectivity index (χ0n) is 16.5. The largest absolute Gasteiger partial charge is 0.493 e. The van der Waals surface area contributed by atoms with Crippen molar-refractivity contribution in [2.45, 2.75) is 13.0 Å². The molecule has 0 radical (unpaired) electrons. The Bertz CT molecular complexity index is 1010. The number of ether oxygens (including phenoxy) is 2. The predicted molar refractivity (Wildman–Crippen MR) is 114 cm³/mol. The summed E-state index contributed by atoms with van der Waals surface area (Å²) < 4.78 is 12.0. The van der Waals surface area contributed by atoms with E-state index in [0.29, 0.717) is 24.7 Å². The van der Waals surface area contributed by atoms with Crippen LogP contribution in [0.1, 0.15) is 12.0 Å². The molecule has 2 aromatic carbocycles. The van der Waals surface area contributed by atoms with Crippen molar-refractivity contribution < 1.29 is 19.4 Å². The van der Waals surface area contributed by atoms with E-state index in [-0.39, 0.29) is 6.54 Å². The molecule has 1 aliphatic rings. The molecule has 3 aromatic rings. The number of anilines is 2. The lowest BCUT2D eigenvalue weighted by Gasteiger charge is -2.21. The number of nitrogens with one attached hydrogen (secondary N) is 1. The molecule has 30 heavy (non-hydrogen) atoms. The fourth-order valence-corrected chi connectivity index (χ4v) is 3.31. The van der Waals surface area contributed by atoms with E-state index in [9.17, 15) is 9.90 Å². The average molecular weight is 405 g/mol. The first kappa shape index (κ1) is 19.6. The smallest absolute Gasteiger partial charge is 0.323 e. The average Bonchev–Trinajstić information content (AvgIpc) is 2.90. The van der Waals surface area contributed by atoms with Crippen molar-refractivity contribution in [2.75, 3.05) is 29.9 Å². The van der Waals surface area contributed by atoms with E-state index in [1.807, 2.05) is 60.7 Å². The summed E-state index contributed by atoms with van der Waals surface area (Å²) in [5, 5.41) is 12.5. The topological polar surface area (TPSA) is 83.9 Å². The van der Waals surface area contributed by atoms with E-state index in [0.717, 1.165) is 35.8 Å². The van der Waals surface area contributed by atoms with E-state index >= 15 is 0 Å². The minimum absolute atomic E-state index is 0.0959. The first-order valence-corrected chi connectivity index (χ1v) is 9.83. The van der Waals surface area contributed by atoms with Crippen LogP contribution < -0.4 is 19.7 Å². The number of hydrogen-bond acceptors (Lipinski definition) is 6. The molecule has 1 aliphatic heterocycles. The molecule has 0 fully saturated rings. The molecular weight excluding hydrogens is 382 g/mol. The van der Waals surface area contributed by atoms with Gasteiger partial charge in [-0.3, -0.25) is 4.79 Å². The number of hydrogen-bond donors (Lipinski definition) is 2. The van der Waals surface area contributed by atoms with Gasteiger partial charge in [-0.1, -0.05) is 18.2 Å². The molecule has 0 spiro atoms. The zero-order valence-corrected chi connectivity index (χ0v) is 16.5. The van der Waals surface area contributed by atoms with Crippen LogP contribution in [0.2, 0.25) is 0 Å². The van der Waals surface area contributed by atoms with Gasteiger partial charge in [0.15, 0.2) is 5.75 Å². The van der Waals surface area contributed by atoms with Crippen LogP contribution in [0.25, 0.3) is 0 Å². The van der Waals surface area contributed by atoms with Crippen molar-refractivity contribution in [3.05, 3.63) is 72.4 Å². The molecule has 0 amide bonds. The molecule has 4 rings (SSSR count). The molecule has 2 heterocycles.